The van der Waals surface area contributed by atoms with Crippen molar-refractivity contribution in [3.63, 3.8) is 0 Å². The third-order valence-electron chi connectivity index (χ3n) is 5.32. The van der Waals surface area contributed by atoms with E-state index < -0.39 is 12.0 Å². The highest BCUT2D eigenvalue weighted by Gasteiger charge is 2.23. The van der Waals surface area contributed by atoms with Crippen molar-refractivity contribution >= 4 is 29.2 Å². The van der Waals surface area contributed by atoms with Crippen molar-refractivity contribution in [3.8, 4) is 17.2 Å². The molecule has 0 fully saturated rings. The molecule has 0 spiro atoms. The summed E-state index contributed by atoms with van der Waals surface area (Å²) in [6.45, 7) is 0. The van der Waals surface area contributed by atoms with Crippen LogP contribution in [0.2, 0.25) is 0 Å². The minimum Gasteiger partial charge on any atom is -0.493 e. The van der Waals surface area contributed by atoms with Crippen molar-refractivity contribution < 1.29 is 23.8 Å². The third kappa shape index (κ3) is 4.88. The van der Waals surface area contributed by atoms with Gasteiger partial charge in [-0.1, -0.05) is 36.4 Å². The standard InChI is InChI=1S/C26H24N2O5/c1-31-24-15-17(13-20-19-5-3-4-6-22(19)28-25(20)29)9-12-23(24)33-18-10-7-16(8-11-18)14-21(27)26(30)32-2/h3-13,15,21H,14,27H2,1-2H3,(H,28,29)/b20-13+/t21-/m1/s1. The van der Waals surface area contributed by atoms with Crippen molar-refractivity contribution in [2.75, 3.05) is 19.5 Å². The topological polar surface area (TPSA) is 99.9 Å². The van der Waals surface area contributed by atoms with E-state index >= 15 is 0 Å². The summed E-state index contributed by atoms with van der Waals surface area (Å²) in [5.74, 6) is 1.10. The molecule has 4 rings (SSSR count). The van der Waals surface area contributed by atoms with Crippen LogP contribution in [0.1, 0.15) is 16.7 Å². The maximum absolute atomic E-state index is 12.4. The molecular weight excluding hydrogens is 420 g/mol. The number of para-hydroxylation sites is 1. The number of fused-ring (bicyclic) bond motifs is 1. The van der Waals surface area contributed by atoms with E-state index in [0.717, 1.165) is 22.4 Å². The molecule has 3 N–H and O–H groups in total. The van der Waals surface area contributed by atoms with E-state index in [1.807, 2.05) is 54.6 Å². The zero-order valence-electron chi connectivity index (χ0n) is 18.3. The number of esters is 1. The van der Waals surface area contributed by atoms with Crippen molar-refractivity contribution in [2.45, 2.75) is 12.5 Å². The second-order valence-corrected chi connectivity index (χ2v) is 7.55. The van der Waals surface area contributed by atoms with Gasteiger partial charge < -0.3 is 25.3 Å². The van der Waals surface area contributed by atoms with E-state index in [0.29, 0.717) is 29.2 Å². The first kappa shape index (κ1) is 22.1. The Morgan fingerprint density at radius 3 is 2.52 bits per heavy atom. The van der Waals surface area contributed by atoms with Crippen molar-refractivity contribution in [3.05, 3.63) is 83.4 Å². The van der Waals surface area contributed by atoms with Crippen LogP contribution in [-0.2, 0) is 20.7 Å². The number of carbonyl (C=O) groups is 2. The van der Waals surface area contributed by atoms with Crippen LogP contribution in [0.5, 0.6) is 17.2 Å². The lowest BCUT2D eigenvalue weighted by Crippen LogP contribution is -2.33. The summed E-state index contributed by atoms with van der Waals surface area (Å²) in [5, 5.41) is 2.87. The summed E-state index contributed by atoms with van der Waals surface area (Å²) in [7, 11) is 2.88. The van der Waals surface area contributed by atoms with Crippen LogP contribution in [-0.4, -0.2) is 32.1 Å². The van der Waals surface area contributed by atoms with Crippen LogP contribution in [0.15, 0.2) is 66.7 Å². The Morgan fingerprint density at radius 1 is 1.03 bits per heavy atom. The molecular formula is C26H24N2O5. The maximum Gasteiger partial charge on any atom is 0.322 e. The summed E-state index contributed by atoms with van der Waals surface area (Å²) >= 11 is 0. The minimum atomic E-state index is -0.711. The molecule has 7 heteroatoms. The number of rotatable bonds is 7. The van der Waals surface area contributed by atoms with E-state index in [4.69, 9.17) is 15.2 Å². The van der Waals surface area contributed by atoms with E-state index in [1.165, 1.54) is 7.11 Å². The van der Waals surface area contributed by atoms with Crippen LogP contribution in [0.4, 0.5) is 5.69 Å². The minimum absolute atomic E-state index is 0.137. The lowest BCUT2D eigenvalue weighted by atomic mass is 10.0. The number of nitrogens with one attached hydrogen (secondary N) is 1. The van der Waals surface area contributed by atoms with E-state index in [9.17, 15) is 9.59 Å². The van der Waals surface area contributed by atoms with Crippen LogP contribution in [0, 0.1) is 0 Å². The molecule has 3 aromatic rings. The number of benzene rings is 3. The molecule has 33 heavy (non-hydrogen) atoms. The van der Waals surface area contributed by atoms with E-state index in [1.54, 1.807) is 25.3 Å². The second-order valence-electron chi connectivity index (χ2n) is 7.55. The third-order valence-corrected chi connectivity index (χ3v) is 5.32. The predicted molar refractivity (Wildman–Crippen MR) is 126 cm³/mol. The normalized spacial score (nSPS) is 14.4. The van der Waals surface area contributed by atoms with Crippen molar-refractivity contribution in [1.29, 1.82) is 0 Å². The fourth-order valence-corrected chi connectivity index (χ4v) is 3.62. The van der Waals surface area contributed by atoms with Gasteiger partial charge in [0.1, 0.15) is 11.8 Å². The van der Waals surface area contributed by atoms with Gasteiger partial charge in [0.25, 0.3) is 5.91 Å². The number of ether oxygens (including phenoxy) is 3. The van der Waals surface area contributed by atoms with Gasteiger partial charge in [-0.2, -0.15) is 0 Å². The largest absolute Gasteiger partial charge is 0.493 e. The molecule has 0 unspecified atom stereocenters. The molecule has 1 atom stereocenters. The Labute approximate surface area is 191 Å². The van der Waals surface area contributed by atoms with Gasteiger partial charge in [0.05, 0.1) is 14.2 Å². The average molecular weight is 444 g/mol. The van der Waals surface area contributed by atoms with Crippen molar-refractivity contribution in [1.82, 2.24) is 0 Å². The zero-order valence-corrected chi connectivity index (χ0v) is 18.3. The number of nitrogens with two attached hydrogens (primary N) is 1. The summed E-state index contributed by atoms with van der Waals surface area (Å²) in [4.78, 5) is 23.9. The summed E-state index contributed by atoms with van der Waals surface area (Å²) in [6.07, 6.45) is 2.20. The number of anilines is 1. The number of amides is 1. The highest BCUT2D eigenvalue weighted by molar-refractivity contribution is 6.34. The summed E-state index contributed by atoms with van der Waals surface area (Å²) < 4.78 is 16.2. The Balaban J connectivity index is 1.51. The van der Waals surface area contributed by atoms with Crippen LogP contribution >= 0.6 is 0 Å². The molecule has 7 nitrogen and oxygen atoms in total. The Hall–Kier alpha value is -4.10. The average Bonchev–Trinajstić information content (AvgIpc) is 3.15. The summed E-state index contributed by atoms with van der Waals surface area (Å²) in [5.41, 5.74) is 9.79. The van der Waals surface area contributed by atoms with Gasteiger partial charge >= 0.3 is 5.97 Å². The first-order valence-corrected chi connectivity index (χ1v) is 10.4. The van der Waals surface area contributed by atoms with Gasteiger partial charge in [0, 0.05) is 16.8 Å². The molecule has 0 saturated carbocycles. The lowest BCUT2D eigenvalue weighted by Gasteiger charge is -2.13. The molecule has 1 aliphatic heterocycles. The van der Waals surface area contributed by atoms with Crippen LogP contribution in [0.25, 0.3) is 11.6 Å². The van der Waals surface area contributed by atoms with Crippen molar-refractivity contribution in [2.24, 2.45) is 5.73 Å². The fourth-order valence-electron chi connectivity index (χ4n) is 3.62. The van der Waals surface area contributed by atoms with Gasteiger partial charge in [-0.25, -0.2) is 0 Å². The highest BCUT2D eigenvalue weighted by Crippen LogP contribution is 2.36. The smallest absolute Gasteiger partial charge is 0.322 e. The Kier molecular flexibility index (Phi) is 6.42. The SMILES string of the molecule is COC(=O)[C@H](N)Cc1ccc(Oc2ccc(/C=C3/C(=O)Nc4ccccc43)cc2OC)cc1. The molecule has 1 amide bonds. The predicted octanol–water partition coefficient (Wildman–Crippen LogP) is 4.02. The zero-order chi connectivity index (χ0) is 23.4. The molecule has 1 heterocycles. The lowest BCUT2D eigenvalue weighted by molar-refractivity contribution is -0.142. The first-order chi connectivity index (χ1) is 16.0. The van der Waals surface area contributed by atoms with E-state index in [-0.39, 0.29) is 5.91 Å². The molecule has 0 saturated heterocycles. The van der Waals surface area contributed by atoms with Crippen LogP contribution in [0.3, 0.4) is 0 Å². The number of methoxy groups -OCH3 is 2. The number of hydrogen-bond acceptors (Lipinski definition) is 6. The van der Waals surface area contributed by atoms with Gasteiger partial charge in [0.15, 0.2) is 11.5 Å². The number of carbonyl (C=O) groups excluding carboxylic acids is 2. The van der Waals surface area contributed by atoms with Crippen LogP contribution < -0.4 is 20.5 Å². The Morgan fingerprint density at radius 2 is 1.79 bits per heavy atom. The molecule has 3 aromatic carbocycles. The quantitative estimate of drug-likeness (QED) is 0.422. The monoisotopic (exact) mass is 444 g/mol. The van der Waals surface area contributed by atoms with Gasteiger partial charge in [-0.05, 0) is 54.0 Å². The summed E-state index contributed by atoms with van der Waals surface area (Å²) in [6, 6.07) is 19.6. The maximum atomic E-state index is 12.4. The molecule has 0 bridgehead atoms. The molecule has 1 aliphatic rings. The van der Waals surface area contributed by atoms with Gasteiger partial charge in [-0.15, -0.1) is 0 Å². The molecule has 168 valence electrons. The fraction of sp³-hybridized carbons (Fsp3) is 0.154. The van der Waals surface area contributed by atoms with Gasteiger partial charge in [0.2, 0.25) is 0 Å². The van der Waals surface area contributed by atoms with Gasteiger partial charge in [-0.3, -0.25) is 9.59 Å². The highest BCUT2D eigenvalue weighted by atomic mass is 16.5. The molecule has 0 aromatic heterocycles. The van der Waals surface area contributed by atoms with E-state index in [2.05, 4.69) is 10.1 Å². The Bertz CT molecular complexity index is 1220. The molecule has 0 radical (unpaired) electrons. The second kappa shape index (κ2) is 9.58. The number of hydrogen-bond donors (Lipinski definition) is 2. The molecule has 0 aliphatic carbocycles. The first-order valence-electron chi connectivity index (χ1n) is 10.4.